The Bertz CT molecular complexity index is 2010. The van der Waals surface area contributed by atoms with Crippen LogP contribution >= 0.6 is 15.9 Å². The second-order valence-electron chi connectivity index (χ2n) is 9.76. The maximum absolute atomic E-state index is 13.2. The van der Waals surface area contributed by atoms with Gasteiger partial charge in [0.25, 0.3) is 5.91 Å². The number of rotatable bonds is 12. The highest BCUT2D eigenvalue weighted by molar-refractivity contribution is 9.10. The van der Waals surface area contributed by atoms with Crippen LogP contribution in [-0.2, 0) is 13.2 Å². The fraction of sp³-hybridized carbons (Fsp3) is 0.125. The van der Waals surface area contributed by atoms with Crippen molar-refractivity contribution in [3.63, 3.8) is 0 Å². The van der Waals surface area contributed by atoms with E-state index in [0.29, 0.717) is 40.5 Å². The number of hydrogen-bond donors (Lipinski definition) is 2. The van der Waals surface area contributed by atoms with Crippen LogP contribution in [0.3, 0.4) is 0 Å². The van der Waals surface area contributed by atoms with Crippen LogP contribution in [-0.4, -0.2) is 44.0 Å². The number of halogens is 1. The molecule has 3 N–H and O–H groups in total. The summed E-state index contributed by atoms with van der Waals surface area (Å²) >= 11 is 3.60. The summed E-state index contributed by atoms with van der Waals surface area (Å²) in [5.74, 6) is 1.05. The lowest BCUT2D eigenvalue weighted by atomic mass is 10.1. The van der Waals surface area contributed by atoms with Gasteiger partial charge in [-0.25, -0.2) is 10.1 Å². The zero-order valence-electron chi connectivity index (χ0n) is 24.5. The van der Waals surface area contributed by atoms with Gasteiger partial charge in [-0.3, -0.25) is 4.79 Å². The zero-order valence-corrected chi connectivity index (χ0v) is 26.0. The number of fused-ring (bicyclic) bond motifs is 1. The number of nitrogen functional groups attached to an aromatic ring is 1. The van der Waals surface area contributed by atoms with Gasteiger partial charge < -0.3 is 19.9 Å². The number of nitrogens with one attached hydrogen (secondary N) is 1. The Hall–Kier alpha value is -5.76. The minimum absolute atomic E-state index is 0.0314. The summed E-state index contributed by atoms with van der Waals surface area (Å²) < 4.78 is 24.6. The van der Waals surface area contributed by atoms with E-state index < -0.39 is 5.91 Å². The topological polar surface area (TPSA) is 165 Å². The number of hydrogen-bond acceptors (Lipinski definition) is 11. The smallest absolute Gasteiger partial charge is 0.293 e. The molecule has 0 radical (unpaired) electrons. The Morgan fingerprint density at radius 1 is 1.00 bits per heavy atom. The molecular formula is C32H27BrN8O5. The molecule has 0 aliphatic carbocycles. The van der Waals surface area contributed by atoms with E-state index in [4.69, 9.17) is 24.6 Å². The molecule has 46 heavy (non-hydrogen) atoms. The maximum Gasteiger partial charge on any atom is 0.293 e. The molecule has 0 aliphatic rings. The number of benzene rings is 4. The molecule has 2 aromatic heterocycles. The van der Waals surface area contributed by atoms with Gasteiger partial charge in [-0.05, 0) is 79.3 Å². The average Bonchev–Trinajstić information content (AvgIpc) is 3.69. The molecule has 6 rings (SSSR count). The number of nitrogens with zero attached hydrogens (tertiary/aromatic N) is 6. The Morgan fingerprint density at radius 2 is 1.80 bits per heavy atom. The molecule has 6 aromatic rings. The standard InChI is InChI=1S/C32H27BrN8O5/c1-2-43-27-16-20(15-25(33)29(27)45-18-22-11-8-10-21-9-6-7-14-24(21)22)17-35-37-32(42)28-26(19-44-23-12-4-3-5-13-23)41(40-36-28)31-30(34)38-46-39-31/h3-17H,2,18-19H2,1H3,(H2,34,38)(H,37,42). The van der Waals surface area contributed by atoms with Gasteiger partial charge in [-0.1, -0.05) is 65.9 Å². The number of anilines is 1. The number of hydrazone groups is 1. The zero-order chi connectivity index (χ0) is 31.9. The third-order valence-corrected chi connectivity index (χ3v) is 7.35. The minimum atomic E-state index is -0.636. The van der Waals surface area contributed by atoms with E-state index in [-0.39, 0.29) is 29.6 Å². The predicted octanol–water partition coefficient (Wildman–Crippen LogP) is 5.47. The number of carbonyl (C=O) groups excluding carboxylic acids is 1. The fourth-order valence-electron chi connectivity index (χ4n) is 4.64. The highest BCUT2D eigenvalue weighted by Crippen LogP contribution is 2.37. The van der Waals surface area contributed by atoms with Gasteiger partial charge in [0.1, 0.15) is 24.7 Å². The molecule has 0 saturated carbocycles. The lowest BCUT2D eigenvalue weighted by Crippen LogP contribution is -2.21. The third kappa shape index (κ3) is 6.66. The monoisotopic (exact) mass is 682 g/mol. The summed E-state index contributed by atoms with van der Waals surface area (Å²) in [4.78, 5) is 13.2. The van der Waals surface area contributed by atoms with Gasteiger partial charge in [0.05, 0.1) is 17.3 Å². The van der Waals surface area contributed by atoms with Gasteiger partial charge in [0, 0.05) is 0 Å². The normalized spacial score (nSPS) is 11.2. The van der Waals surface area contributed by atoms with Crippen LogP contribution in [0, 0.1) is 0 Å². The molecule has 0 spiro atoms. The highest BCUT2D eigenvalue weighted by atomic mass is 79.9. The Balaban J connectivity index is 1.19. The molecule has 0 aliphatic heterocycles. The van der Waals surface area contributed by atoms with Crippen LogP contribution in [0.5, 0.6) is 17.2 Å². The van der Waals surface area contributed by atoms with E-state index >= 15 is 0 Å². The van der Waals surface area contributed by atoms with Crippen LogP contribution in [0.4, 0.5) is 5.82 Å². The van der Waals surface area contributed by atoms with E-state index in [9.17, 15) is 4.79 Å². The first-order valence-electron chi connectivity index (χ1n) is 14.1. The van der Waals surface area contributed by atoms with Crippen molar-refractivity contribution in [2.75, 3.05) is 12.3 Å². The van der Waals surface area contributed by atoms with E-state index in [1.165, 1.54) is 10.9 Å². The molecule has 232 valence electrons. The largest absolute Gasteiger partial charge is 0.490 e. The van der Waals surface area contributed by atoms with Crippen LogP contribution < -0.4 is 25.4 Å². The maximum atomic E-state index is 13.2. The Morgan fingerprint density at radius 3 is 2.61 bits per heavy atom. The fourth-order valence-corrected chi connectivity index (χ4v) is 5.21. The first-order chi connectivity index (χ1) is 22.5. The van der Waals surface area contributed by atoms with Crippen LogP contribution in [0.25, 0.3) is 16.6 Å². The summed E-state index contributed by atoms with van der Waals surface area (Å²) in [6.45, 7) is 2.57. The van der Waals surface area contributed by atoms with E-state index in [1.54, 1.807) is 18.2 Å². The molecule has 0 bridgehead atoms. The van der Waals surface area contributed by atoms with Gasteiger partial charge in [0.2, 0.25) is 11.6 Å². The molecular weight excluding hydrogens is 656 g/mol. The van der Waals surface area contributed by atoms with Crippen molar-refractivity contribution >= 4 is 44.6 Å². The third-order valence-electron chi connectivity index (χ3n) is 6.76. The molecule has 13 nitrogen and oxygen atoms in total. The second kappa shape index (κ2) is 13.9. The Kier molecular flexibility index (Phi) is 9.15. The summed E-state index contributed by atoms with van der Waals surface area (Å²) in [7, 11) is 0. The predicted molar refractivity (Wildman–Crippen MR) is 173 cm³/mol. The second-order valence-corrected chi connectivity index (χ2v) is 10.6. The molecule has 2 heterocycles. The average molecular weight is 684 g/mol. The molecule has 4 aromatic carbocycles. The van der Waals surface area contributed by atoms with Crippen molar-refractivity contribution < 1.29 is 23.6 Å². The van der Waals surface area contributed by atoms with Crippen molar-refractivity contribution in [2.24, 2.45) is 5.10 Å². The molecule has 0 fully saturated rings. The first kappa shape index (κ1) is 30.3. The van der Waals surface area contributed by atoms with Crippen molar-refractivity contribution in [1.29, 1.82) is 0 Å². The number of amides is 1. The number of carbonyl (C=O) groups is 1. The molecule has 14 heteroatoms. The van der Waals surface area contributed by atoms with Crippen molar-refractivity contribution in [3.8, 4) is 23.1 Å². The highest BCUT2D eigenvalue weighted by Gasteiger charge is 2.24. The quantitative estimate of drug-likeness (QED) is 0.125. The van der Waals surface area contributed by atoms with Gasteiger partial charge in [-0.2, -0.15) is 9.78 Å². The Labute approximate surface area is 271 Å². The molecule has 1 amide bonds. The SMILES string of the molecule is CCOc1cc(C=NNC(=O)c2nnn(-c3nonc3N)c2COc2ccccc2)cc(Br)c1OCc1cccc2ccccc12. The molecule has 0 saturated heterocycles. The van der Waals surface area contributed by atoms with E-state index in [2.05, 4.69) is 65.3 Å². The van der Waals surface area contributed by atoms with Crippen molar-refractivity contribution in [2.45, 2.75) is 20.1 Å². The number of ether oxygens (including phenoxy) is 3. The summed E-state index contributed by atoms with van der Waals surface area (Å²) in [6.07, 6.45) is 1.48. The lowest BCUT2D eigenvalue weighted by Gasteiger charge is -2.15. The first-order valence-corrected chi connectivity index (χ1v) is 14.9. The lowest BCUT2D eigenvalue weighted by molar-refractivity contribution is 0.0947. The van der Waals surface area contributed by atoms with Gasteiger partial charge >= 0.3 is 0 Å². The van der Waals surface area contributed by atoms with Gasteiger partial charge in [0.15, 0.2) is 17.2 Å². The number of aromatic nitrogens is 5. The van der Waals surface area contributed by atoms with Crippen molar-refractivity contribution in [3.05, 3.63) is 112 Å². The molecule has 0 unspecified atom stereocenters. The summed E-state index contributed by atoms with van der Waals surface area (Å²) in [5.41, 5.74) is 10.3. The number of nitrogens with two attached hydrogens (primary N) is 1. The van der Waals surface area contributed by atoms with E-state index in [1.807, 2.05) is 55.5 Å². The van der Waals surface area contributed by atoms with E-state index in [0.717, 1.165) is 16.3 Å². The molecule has 0 atom stereocenters. The summed E-state index contributed by atoms with van der Waals surface area (Å²) in [5, 5.41) is 21.8. The minimum Gasteiger partial charge on any atom is -0.490 e. The number of para-hydroxylation sites is 1. The van der Waals surface area contributed by atoms with Crippen LogP contribution in [0.2, 0.25) is 0 Å². The van der Waals surface area contributed by atoms with Crippen LogP contribution in [0.1, 0.15) is 34.2 Å². The van der Waals surface area contributed by atoms with Crippen molar-refractivity contribution in [1.82, 2.24) is 30.7 Å². The van der Waals surface area contributed by atoms with Gasteiger partial charge in [-0.15, -0.1) is 5.10 Å². The van der Waals surface area contributed by atoms with Crippen LogP contribution in [0.15, 0.2) is 99.1 Å². The summed E-state index contributed by atoms with van der Waals surface area (Å²) in [6, 6.07) is 26.9.